The van der Waals surface area contributed by atoms with E-state index in [4.69, 9.17) is 34.8 Å². The molecule has 0 aromatic heterocycles. The van der Waals surface area contributed by atoms with Gasteiger partial charge in [0.1, 0.15) is 6.04 Å². The van der Waals surface area contributed by atoms with Gasteiger partial charge in [-0.15, -0.1) is 0 Å². The number of amides is 2. The molecule has 7 heteroatoms. The first-order valence-corrected chi connectivity index (χ1v) is 11.3. The van der Waals surface area contributed by atoms with Gasteiger partial charge in [0.05, 0.1) is 6.42 Å². The van der Waals surface area contributed by atoms with Crippen LogP contribution in [0.4, 0.5) is 0 Å². The van der Waals surface area contributed by atoms with Crippen LogP contribution in [0.5, 0.6) is 0 Å². The third-order valence-electron chi connectivity index (χ3n) is 5.21. The molecule has 166 valence electrons. The van der Waals surface area contributed by atoms with Gasteiger partial charge in [0.15, 0.2) is 0 Å². The van der Waals surface area contributed by atoms with E-state index in [0.29, 0.717) is 32.6 Å². The molecule has 0 saturated carbocycles. The molecule has 0 fully saturated rings. The topological polar surface area (TPSA) is 49.4 Å². The van der Waals surface area contributed by atoms with E-state index in [1.165, 1.54) is 4.90 Å². The van der Waals surface area contributed by atoms with Crippen molar-refractivity contribution in [2.45, 2.75) is 25.4 Å². The second kappa shape index (κ2) is 11.4. The van der Waals surface area contributed by atoms with Crippen molar-refractivity contribution in [1.29, 1.82) is 0 Å². The molecule has 0 heterocycles. The summed E-state index contributed by atoms with van der Waals surface area (Å²) < 4.78 is 0. The molecular formula is C25H23Cl3N2O2. The van der Waals surface area contributed by atoms with E-state index in [1.54, 1.807) is 43.4 Å². The third kappa shape index (κ3) is 6.04. The summed E-state index contributed by atoms with van der Waals surface area (Å²) in [6, 6.07) is 21.1. The second-order valence-corrected chi connectivity index (χ2v) is 8.53. The van der Waals surface area contributed by atoms with Crippen molar-refractivity contribution in [2.75, 3.05) is 7.05 Å². The summed E-state index contributed by atoms with van der Waals surface area (Å²) in [5.41, 5.74) is 2.21. The molecule has 4 nitrogen and oxygen atoms in total. The van der Waals surface area contributed by atoms with Crippen molar-refractivity contribution < 1.29 is 9.59 Å². The lowest BCUT2D eigenvalue weighted by atomic mass is 10.0. The van der Waals surface area contributed by atoms with Gasteiger partial charge in [0.2, 0.25) is 11.8 Å². The zero-order valence-electron chi connectivity index (χ0n) is 17.5. The largest absolute Gasteiger partial charge is 0.357 e. The van der Waals surface area contributed by atoms with Crippen LogP contribution in [0.25, 0.3) is 0 Å². The molecule has 0 unspecified atom stereocenters. The maximum absolute atomic E-state index is 13.5. The fraction of sp³-hybridized carbons (Fsp3) is 0.200. The van der Waals surface area contributed by atoms with Gasteiger partial charge >= 0.3 is 0 Å². The summed E-state index contributed by atoms with van der Waals surface area (Å²) in [7, 11) is 1.56. The SMILES string of the molecule is CNC(=O)[C@H](Cc1ccccc1)N(Cc1c(Cl)cccc1Cl)C(=O)Cc1ccccc1Cl. The van der Waals surface area contributed by atoms with Gasteiger partial charge in [-0.25, -0.2) is 0 Å². The van der Waals surface area contributed by atoms with Crippen molar-refractivity contribution >= 4 is 46.6 Å². The van der Waals surface area contributed by atoms with Crippen LogP contribution in [0.2, 0.25) is 15.1 Å². The number of hydrogen-bond acceptors (Lipinski definition) is 2. The summed E-state index contributed by atoms with van der Waals surface area (Å²) in [4.78, 5) is 28.0. The Balaban J connectivity index is 2.01. The van der Waals surface area contributed by atoms with Crippen LogP contribution in [-0.4, -0.2) is 29.8 Å². The molecule has 3 rings (SSSR count). The maximum atomic E-state index is 13.5. The van der Waals surface area contributed by atoms with Gasteiger partial charge in [-0.1, -0.05) is 89.4 Å². The predicted molar refractivity (Wildman–Crippen MR) is 130 cm³/mol. The molecule has 1 atom stereocenters. The monoisotopic (exact) mass is 488 g/mol. The van der Waals surface area contributed by atoms with Crippen molar-refractivity contribution in [2.24, 2.45) is 0 Å². The summed E-state index contributed by atoms with van der Waals surface area (Å²) in [6.07, 6.45) is 0.390. The molecule has 2 amide bonds. The lowest BCUT2D eigenvalue weighted by Gasteiger charge is -2.32. The Labute approximate surface area is 203 Å². The Kier molecular flexibility index (Phi) is 8.57. The summed E-state index contributed by atoms with van der Waals surface area (Å²) in [6.45, 7) is 0.0900. The smallest absolute Gasteiger partial charge is 0.242 e. The van der Waals surface area contributed by atoms with Crippen LogP contribution in [-0.2, 0) is 29.0 Å². The highest BCUT2D eigenvalue weighted by molar-refractivity contribution is 6.36. The first-order chi connectivity index (χ1) is 15.4. The normalized spacial score (nSPS) is 11.6. The van der Waals surface area contributed by atoms with Crippen LogP contribution < -0.4 is 5.32 Å². The minimum atomic E-state index is -0.760. The molecular weight excluding hydrogens is 467 g/mol. The lowest BCUT2D eigenvalue weighted by molar-refractivity contribution is -0.140. The predicted octanol–water partition coefficient (Wildman–Crippen LogP) is 5.58. The van der Waals surface area contributed by atoms with Crippen molar-refractivity contribution in [3.05, 3.63) is 105 Å². The number of benzene rings is 3. The van der Waals surface area contributed by atoms with E-state index in [1.807, 2.05) is 36.4 Å². The average molecular weight is 490 g/mol. The van der Waals surface area contributed by atoms with Crippen LogP contribution in [0, 0.1) is 0 Å². The molecule has 32 heavy (non-hydrogen) atoms. The third-order valence-corrected chi connectivity index (χ3v) is 6.28. The standard InChI is InChI=1S/C25H23Cl3N2O2/c1-29-25(32)23(14-17-8-3-2-4-9-17)30(16-19-21(27)12-7-13-22(19)28)24(31)15-18-10-5-6-11-20(18)26/h2-13,23H,14-16H2,1H3,(H,29,32)/t23-/m0/s1. The number of nitrogens with zero attached hydrogens (tertiary/aromatic N) is 1. The number of rotatable bonds is 8. The van der Waals surface area contributed by atoms with Gasteiger partial charge < -0.3 is 10.2 Å². The van der Waals surface area contributed by atoms with Crippen LogP contribution >= 0.6 is 34.8 Å². The number of hydrogen-bond donors (Lipinski definition) is 1. The fourth-order valence-corrected chi connectivity index (χ4v) is 4.20. The second-order valence-electron chi connectivity index (χ2n) is 7.31. The minimum absolute atomic E-state index is 0.0457. The van der Waals surface area contributed by atoms with Gasteiger partial charge in [-0.05, 0) is 29.3 Å². The summed E-state index contributed by atoms with van der Waals surface area (Å²) in [5, 5.41) is 4.05. The number of likely N-dealkylation sites (N-methyl/N-ethyl adjacent to an activating group) is 1. The van der Waals surface area contributed by atoms with Gasteiger partial charge in [-0.2, -0.15) is 0 Å². The highest BCUT2D eigenvalue weighted by Gasteiger charge is 2.31. The van der Waals surface area contributed by atoms with Crippen molar-refractivity contribution in [1.82, 2.24) is 10.2 Å². The molecule has 0 bridgehead atoms. The van der Waals surface area contributed by atoms with E-state index in [9.17, 15) is 9.59 Å². The first-order valence-electron chi connectivity index (χ1n) is 10.1. The maximum Gasteiger partial charge on any atom is 0.242 e. The van der Waals surface area contributed by atoms with Crippen LogP contribution in [0.3, 0.4) is 0 Å². The summed E-state index contributed by atoms with van der Waals surface area (Å²) >= 11 is 19.1. The number of carbonyl (C=O) groups is 2. The first kappa shape index (κ1) is 24.1. The van der Waals surface area contributed by atoms with Crippen molar-refractivity contribution in [3.63, 3.8) is 0 Å². The van der Waals surface area contributed by atoms with Gasteiger partial charge in [0, 0.05) is 40.6 Å². The minimum Gasteiger partial charge on any atom is -0.357 e. The molecule has 3 aromatic rings. The van der Waals surface area contributed by atoms with E-state index in [-0.39, 0.29) is 24.8 Å². The van der Waals surface area contributed by atoms with Gasteiger partial charge in [-0.3, -0.25) is 9.59 Å². The van der Waals surface area contributed by atoms with E-state index in [0.717, 1.165) is 5.56 Å². The molecule has 0 spiro atoms. The van der Waals surface area contributed by atoms with E-state index in [2.05, 4.69) is 5.32 Å². The molecule has 0 aliphatic heterocycles. The van der Waals surface area contributed by atoms with Crippen LogP contribution in [0.1, 0.15) is 16.7 Å². The number of carbonyl (C=O) groups excluding carboxylic acids is 2. The number of halogens is 3. The summed E-state index contributed by atoms with van der Waals surface area (Å²) in [5.74, 6) is -0.525. The fourth-order valence-electron chi connectivity index (χ4n) is 3.48. The Hall–Kier alpha value is -2.53. The zero-order valence-corrected chi connectivity index (χ0v) is 19.8. The van der Waals surface area contributed by atoms with Gasteiger partial charge in [0.25, 0.3) is 0 Å². The molecule has 0 aliphatic carbocycles. The van der Waals surface area contributed by atoms with Crippen LogP contribution in [0.15, 0.2) is 72.8 Å². The highest BCUT2D eigenvalue weighted by Crippen LogP contribution is 2.28. The molecule has 0 saturated heterocycles. The molecule has 0 aliphatic rings. The quantitative estimate of drug-likeness (QED) is 0.449. The molecule has 1 N–H and O–H groups in total. The molecule has 0 radical (unpaired) electrons. The van der Waals surface area contributed by atoms with E-state index < -0.39 is 6.04 Å². The Morgan fingerprint density at radius 1 is 0.844 bits per heavy atom. The Morgan fingerprint density at radius 3 is 2.06 bits per heavy atom. The number of nitrogens with one attached hydrogen (secondary N) is 1. The lowest BCUT2D eigenvalue weighted by Crippen LogP contribution is -2.50. The van der Waals surface area contributed by atoms with Crippen molar-refractivity contribution in [3.8, 4) is 0 Å². The zero-order chi connectivity index (χ0) is 23.1. The average Bonchev–Trinajstić information content (AvgIpc) is 2.79. The Morgan fingerprint density at radius 2 is 1.44 bits per heavy atom. The van der Waals surface area contributed by atoms with E-state index >= 15 is 0 Å². The molecule has 3 aromatic carbocycles. The highest BCUT2D eigenvalue weighted by atomic mass is 35.5. The Bertz CT molecular complexity index is 1070.